The van der Waals surface area contributed by atoms with Gasteiger partial charge in [0.15, 0.2) is 28.1 Å². The van der Waals surface area contributed by atoms with Crippen LogP contribution < -0.4 is 16.5 Å². The van der Waals surface area contributed by atoms with Gasteiger partial charge in [-0.25, -0.2) is 9.18 Å². The first-order valence-corrected chi connectivity index (χ1v) is 13.5. The first-order valence-electron chi connectivity index (χ1n) is 13.5. The summed E-state index contributed by atoms with van der Waals surface area (Å²) in [5, 5.41) is 12.4. The Kier molecular flexibility index (Phi) is 6.46. The van der Waals surface area contributed by atoms with Crippen molar-refractivity contribution in [1.29, 1.82) is 0 Å². The van der Waals surface area contributed by atoms with Gasteiger partial charge in [0.05, 0.1) is 21.9 Å². The number of halogens is 1. The predicted molar refractivity (Wildman–Crippen MR) is 158 cm³/mol. The van der Waals surface area contributed by atoms with E-state index in [4.69, 9.17) is 14.6 Å². The zero-order valence-electron chi connectivity index (χ0n) is 22.9. The van der Waals surface area contributed by atoms with Crippen LogP contribution in [0.5, 0.6) is 0 Å². The predicted octanol–water partition coefficient (Wildman–Crippen LogP) is 5.94. The van der Waals surface area contributed by atoms with Crippen LogP contribution in [-0.4, -0.2) is 51.5 Å². The quantitative estimate of drug-likeness (QED) is 0.119. The Morgan fingerprint density at radius 2 is 1.95 bits per heavy atom. The van der Waals surface area contributed by atoms with Crippen molar-refractivity contribution in [3.8, 4) is 0 Å². The minimum absolute atomic E-state index is 0.0830. The normalized spacial score (nSPS) is 15.7. The minimum atomic E-state index is -1.42. The van der Waals surface area contributed by atoms with Crippen LogP contribution in [0.3, 0.4) is 0 Å². The Morgan fingerprint density at radius 3 is 2.61 bits per heavy atom. The summed E-state index contributed by atoms with van der Waals surface area (Å²) in [6.07, 6.45) is 4.02. The fourth-order valence-corrected chi connectivity index (χ4v) is 5.39. The third-order valence-corrected chi connectivity index (χ3v) is 7.69. The van der Waals surface area contributed by atoms with Crippen molar-refractivity contribution in [2.24, 2.45) is 0 Å². The zero-order chi connectivity index (χ0) is 29.0. The number of rotatable bonds is 3. The van der Waals surface area contributed by atoms with E-state index in [0.717, 1.165) is 12.1 Å². The molecule has 0 bridgehead atoms. The molecule has 11 heteroatoms. The highest BCUT2D eigenvalue weighted by Crippen LogP contribution is 2.35. The van der Waals surface area contributed by atoms with Gasteiger partial charge in [-0.05, 0) is 58.5 Å². The molecule has 0 aliphatic carbocycles. The van der Waals surface area contributed by atoms with Crippen LogP contribution >= 0.6 is 0 Å². The van der Waals surface area contributed by atoms with E-state index in [1.165, 1.54) is 30.0 Å². The third-order valence-electron chi connectivity index (χ3n) is 7.69. The van der Waals surface area contributed by atoms with E-state index in [-0.39, 0.29) is 22.2 Å². The van der Waals surface area contributed by atoms with Crippen LogP contribution in [0, 0.1) is 5.82 Å². The number of aromatic nitrogens is 2. The number of nitrogens with one attached hydrogen (secondary N) is 2. The largest absolute Gasteiger partial charge is 0.477 e. The molecule has 212 valence electrons. The highest BCUT2D eigenvalue weighted by atomic mass is 19.1. The van der Waals surface area contributed by atoms with Crippen LogP contribution in [0.15, 0.2) is 56.2 Å². The van der Waals surface area contributed by atoms with Gasteiger partial charge in [0.1, 0.15) is 16.8 Å². The number of nitrogen functional groups attached to an aromatic ring is 1. The fourth-order valence-electron chi connectivity index (χ4n) is 5.39. The van der Waals surface area contributed by atoms with Gasteiger partial charge in [0.25, 0.3) is 0 Å². The molecule has 0 amide bonds. The molecule has 41 heavy (non-hydrogen) atoms. The first kappa shape index (κ1) is 26.5. The number of nitrogens with zero attached hydrogens (tertiary/aromatic N) is 2. The Morgan fingerprint density at radius 1 is 1.17 bits per heavy atom. The summed E-state index contributed by atoms with van der Waals surface area (Å²) >= 11 is 0. The van der Waals surface area contributed by atoms with Gasteiger partial charge in [0.2, 0.25) is 5.43 Å². The second kappa shape index (κ2) is 10.0. The van der Waals surface area contributed by atoms with E-state index in [2.05, 4.69) is 29.2 Å². The van der Waals surface area contributed by atoms with Gasteiger partial charge < -0.3 is 39.3 Å². The van der Waals surface area contributed by atoms with Crippen molar-refractivity contribution < 1.29 is 23.1 Å². The summed E-state index contributed by atoms with van der Waals surface area (Å²) in [5.41, 5.74) is 8.59. The van der Waals surface area contributed by atoms with Gasteiger partial charge in [-0.1, -0.05) is 0 Å². The number of hydrogen-bond acceptors (Lipinski definition) is 7. The van der Waals surface area contributed by atoms with Crippen molar-refractivity contribution in [2.75, 3.05) is 31.2 Å². The first-order chi connectivity index (χ1) is 19.7. The van der Waals surface area contributed by atoms with Gasteiger partial charge in [-0.2, -0.15) is 0 Å². The molecule has 3 aromatic carbocycles. The van der Waals surface area contributed by atoms with Crippen molar-refractivity contribution in [2.45, 2.75) is 32.7 Å². The molecule has 0 radical (unpaired) electrons. The van der Waals surface area contributed by atoms with E-state index < -0.39 is 22.8 Å². The van der Waals surface area contributed by atoms with E-state index in [1.807, 2.05) is 0 Å². The smallest absolute Gasteiger partial charge is 0.341 e. The molecule has 4 heterocycles. The molecule has 5 N–H and O–H groups in total. The minimum Gasteiger partial charge on any atom is -0.477 e. The molecule has 1 aliphatic heterocycles. The lowest BCUT2D eigenvalue weighted by atomic mass is 10.1. The lowest BCUT2D eigenvalue weighted by molar-refractivity contribution is 0.0695. The van der Waals surface area contributed by atoms with Crippen LogP contribution in [0.4, 0.5) is 15.8 Å². The summed E-state index contributed by atoms with van der Waals surface area (Å²) in [6.45, 7) is 5.80. The molecule has 0 saturated carbocycles. The molecule has 0 spiro atoms. The summed E-state index contributed by atoms with van der Waals surface area (Å²) in [5.74, 6) is -2.13. The van der Waals surface area contributed by atoms with Crippen molar-refractivity contribution >= 4 is 67.1 Å². The van der Waals surface area contributed by atoms with Crippen molar-refractivity contribution in [3.63, 3.8) is 0 Å². The van der Waals surface area contributed by atoms with E-state index in [1.54, 1.807) is 37.3 Å². The average molecular weight is 560 g/mol. The lowest BCUT2D eigenvalue weighted by Gasteiger charge is -2.16. The second-order valence-corrected chi connectivity index (χ2v) is 10.4. The Balaban J connectivity index is 0.000000380. The Hall–Kier alpha value is -4.77. The number of fused-ring (bicyclic) bond motifs is 4. The summed E-state index contributed by atoms with van der Waals surface area (Å²) in [7, 11) is 2.19. The maximum atomic E-state index is 15.0. The monoisotopic (exact) mass is 559 g/mol. The molecule has 7 rings (SSSR count). The van der Waals surface area contributed by atoms with Gasteiger partial charge in [-0.15, -0.1) is 0 Å². The van der Waals surface area contributed by atoms with Crippen LogP contribution in [0.2, 0.25) is 0 Å². The zero-order valence-corrected chi connectivity index (χ0v) is 22.9. The number of carboxylic acids is 1. The molecule has 3 aromatic heterocycles. The summed E-state index contributed by atoms with van der Waals surface area (Å²) in [4.78, 5) is 30.3. The number of likely N-dealkylation sites (tertiary alicyclic amines) is 1. The molecule has 1 atom stereocenters. The third kappa shape index (κ3) is 4.48. The summed E-state index contributed by atoms with van der Waals surface area (Å²) < 4.78 is 28.7. The Bertz CT molecular complexity index is 2060. The highest BCUT2D eigenvalue weighted by molar-refractivity contribution is 6.06. The fraction of sp³-hybridized carbons (Fsp3) is 0.267. The molecule has 10 nitrogen and oxygen atoms in total. The number of pyridine rings is 1. The molecule has 1 aliphatic rings. The highest BCUT2D eigenvalue weighted by Gasteiger charge is 2.23. The van der Waals surface area contributed by atoms with E-state index in [0.29, 0.717) is 45.5 Å². The number of H-pyrrole nitrogens is 1. The van der Waals surface area contributed by atoms with Crippen LogP contribution in [0.25, 0.3) is 49.8 Å². The Labute approximate surface area is 232 Å². The summed E-state index contributed by atoms with van der Waals surface area (Å²) in [6, 6.07) is 10.4. The van der Waals surface area contributed by atoms with Crippen molar-refractivity contribution in [3.05, 3.63) is 64.2 Å². The number of anilines is 2. The van der Waals surface area contributed by atoms with E-state index in [9.17, 15) is 19.1 Å². The number of carbonyl (C=O) groups is 1. The number of aromatic carboxylic acids is 1. The SMILES string of the molecule is CC1CCCN1C.CCNc1c(F)cc2c(=O)c(C(=O)O)cn3c4cc5oc6cc(N)ccc6[nH]c5cc4oc1c23. The maximum Gasteiger partial charge on any atom is 0.341 e. The topological polar surface area (TPSA) is 142 Å². The van der Waals surface area contributed by atoms with Gasteiger partial charge >= 0.3 is 5.97 Å². The maximum absolute atomic E-state index is 15.0. The standard InChI is InChI=1S/C24H17FN4O5.C6H13N/c1-2-27-20-13(25)6-11-21-23(20)34-19-7-15-18(33-17-5-10(26)3-4-14(17)28-15)8-16(19)29(21)9-12(22(11)30)24(31)32;1-6-4-3-5-7(6)2/h3-9,27-28H,2,26H2,1H3,(H,31,32);6H,3-5H2,1-2H3. The van der Waals surface area contributed by atoms with Crippen LogP contribution in [-0.2, 0) is 0 Å². The molecule has 6 aromatic rings. The number of nitrogens with two attached hydrogens (primary N) is 1. The number of benzene rings is 3. The second-order valence-electron chi connectivity index (χ2n) is 10.4. The number of hydrogen-bond donors (Lipinski definition) is 4. The molecule has 1 fully saturated rings. The molecule has 1 saturated heterocycles. The average Bonchev–Trinajstić information content (AvgIpc) is 3.31. The number of aromatic amines is 1. The molecular formula is C30H30FN5O5. The lowest BCUT2D eigenvalue weighted by Crippen LogP contribution is -2.20. The van der Waals surface area contributed by atoms with Crippen LogP contribution in [0.1, 0.15) is 37.0 Å². The molecular weight excluding hydrogens is 529 g/mol. The van der Waals surface area contributed by atoms with Gasteiger partial charge in [0, 0.05) is 42.7 Å². The van der Waals surface area contributed by atoms with Gasteiger partial charge in [-0.3, -0.25) is 4.79 Å². The molecule has 1 unspecified atom stereocenters. The van der Waals surface area contributed by atoms with E-state index >= 15 is 0 Å². The van der Waals surface area contributed by atoms with Crippen molar-refractivity contribution in [1.82, 2.24) is 14.3 Å². The number of carboxylic acid groups (broad SMARTS) is 1.